The number of fused-ring (bicyclic) bond motifs is 1. The van der Waals surface area contributed by atoms with Crippen molar-refractivity contribution in [3.63, 3.8) is 0 Å². The van der Waals surface area contributed by atoms with E-state index in [1.165, 1.54) is 12.3 Å². The molecule has 0 N–H and O–H groups in total. The average Bonchev–Trinajstić information content (AvgIpc) is 2.87. The van der Waals surface area contributed by atoms with Gasteiger partial charge in [-0.05, 0) is 63.5 Å². The number of carbonyl (C=O) groups is 1. The van der Waals surface area contributed by atoms with E-state index in [4.69, 9.17) is 13.9 Å². The first kappa shape index (κ1) is 21.7. The Morgan fingerprint density at radius 1 is 0.765 bits per heavy atom. The standard InChI is InChI=1S/C28H17BrO5/c29-24-9-5-4-8-22(24)28(31)34-21-14-15-23-25(16-21)32-17-26(27(23)30)33-20-12-10-19(11-13-20)18-6-2-1-3-7-18/h1-17H. The molecule has 5 nitrogen and oxygen atoms in total. The Balaban J connectivity index is 1.36. The molecule has 0 atom stereocenters. The third-order valence-electron chi connectivity index (χ3n) is 5.21. The van der Waals surface area contributed by atoms with E-state index >= 15 is 0 Å². The van der Waals surface area contributed by atoms with Gasteiger partial charge in [-0.2, -0.15) is 0 Å². The molecule has 0 saturated heterocycles. The zero-order valence-corrected chi connectivity index (χ0v) is 19.3. The van der Waals surface area contributed by atoms with Crippen molar-refractivity contribution in [3.8, 4) is 28.4 Å². The molecular formula is C28H17BrO5. The first-order valence-corrected chi connectivity index (χ1v) is 11.2. The summed E-state index contributed by atoms with van der Waals surface area (Å²) in [6, 6.07) is 29.0. The van der Waals surface area contributed by atoms with Crippen LogP contribution < -0.4 is 14.9 Å². The third kappa shape index (κ3) is 4.49. The summed E-state index contributed by atoms with van der Waals surface area (Å²) in [6.45, 7) is 0. The number of benzene rings is 4. The van der Waals surface area contributed by atoms with Gasteiger partial charge in [0.15, 0.2) is 0 Å². The minimum Gasteiger partial charge on any atom is -0.460 e. The van der Waals surface area contributed by atoms with Crippen LogP contribution in [0, 0.1) is 0 Å². The van der Waals surface area contributed by atoms with E-state index in [-0.39, 0.29) is 22.5 Å². The lowest BCUT2D eigenvalue weighted by Gasteiger charge is -2.08. The summed E-state index contributed by atoms with van der Waals surface area (Å²) >= 11 is 3.34. The highest BCUT2D eigenvalue weighted by molar-refractivity contribution is 9.10. The molecule has 6 heteroatoms. The lowest BCUT2D eigenvalue weighted by atomic mass is 10.1. The van der Waals surface area contributed by atoms with Crippen LogP contribution >= 0.6 is 15.9 Å². The van der Waals surface area contributed by atoms with Crippen molar-refractivity contribution < 1.29 is 18.7 Å². The van der Waals surface area contributed by atoms with Crippen molar-refractivity contribution >= 4 is 32.9 Å². The second-order valence-corrected chi connectivity index (χ2v) is 8.30. The monoisotopic (exact) mass is 512 g/mol. The second-order valence-electron chi connectivity index (χ2n) is 7.45. The van der Waals surface area contributed by atoms with E-state index < -0.39 is 5.97 Å². The largest absolute Gasteiger partial charge is 0.460 e. The van der Waals surface area contributed by atoms with Gasteiger partial charge in [-0.3, -0.25) is 4.79 Å². The van der Waals surface area contributed by atoms with Gasteiger partial charge in [0.1, 0.15) is 23.3 Å². The summed E-state index contributed by atoms with van der Waals surface area (Å²) in [4.78, 5) is 25.4. The molecule has 4 aromatic carbocycles. The second kappa shape index (κ2) is 9.37. The number of hydrogen-bond acceptors (Lipinski definition) is 5. The van der Waals surface area contributed by atoms with Crippen molar-refractivity contribution in [1.82, 2.24) is 0 Å². The maximum Gasteiger partial charge on any atom is 0.344 e. The summed E-state index contributed by atoms with van der Waals surface area (Å²) < 4.78 is 17.5. The topological polar surface area (TPSA) is 65.7 Å². The normalized spacial score (nSPS) is 10.7. The maximum absolute atomic E-state index is 12.9. The van der Waals surface area contributed by atoms with Crippen molar-refractivity contribution in [3.05, 3.63) is 124 Å². The van der Waals surface area contributed by atoms with E-state index in [9.17, 15) is 9.59 Å². The fourth-order valence-corrected chi connectivity index (χ4v) is 3.93. The van der Waals surface area contributed by atoms with Crippen LogP contribution in [0.3, 0.4) is 0 Å². The van der Waals surface area contributed by atoms with Crippen molar-refractivity contribution in [2.75, 3.05) is 0 Å². The van der Waals surface area contributed by atoms with Gasteiger partial charge in [-0.1, -0.05) is 54.6 Å². The third-order valence-corrected chi connectivity index (χ3v) is 5.90. The van der Waals surface area contributed by atoms with Crippen LogP contribution in [0.2, 0.25) is 0 Å². The summed E-state index contributed by atoms with van der Waals surface area (Å²) in [7, 11) is 0. The molecule has 0 spiro atoms. The van der Waals surface area contributed by atoms with Gasteiger partial charge in [0.25, 0.3) is 0 Å². The molecule has 0 aliphatic carbocycles. The number of rotatable bonds is 5. The first-order chi connectivity index (χ1) is 16.6. The fraction of sp³-hybridized carbons (Fsp3) is 0. The Morgan fingerprint density at radius 2 is 1.44 bits per heavy atom. The minimum absolute atomic E-state index is 0.0675. The smallest absolute Gasteiger partial charge is 0.344 e. The molecule has 0 radical (unpaired) electrons. The summed E-state index contributed by atoms with van der Waals surface area (Å²) in [6.07, 6.45) is 1.26. The molecule has 5 aromatic rings. The van der Waals surface area contributed by atoms with Crippen molar-refractivity contribution in [1.29, 1.82) is 0 Å². The molecule has 166 valence electrons. The quantitative estimate of drug-likeness (QED) is 0.183. The Hall–Kier alpha value is -4.16. The molecule has 1 aromatic heterocycles. The van der Waals surface area contributed by atoms with E-state index in [1.807, 2.05) is 48.5 Å². The lowest BCUT2D eigenvalue weighted by molar-refractivity contribution is 0.0734. The number of carbonyl (C=O) groups excluding carboxylic acids is 1. The van der Waals surface area contributed by atoms with Crippen LogP contribution in [0.1, 0.15) is 10.4 Å². The van der Waals surface area contributed by atoms with Crippen molar-refractivity contribution in [2.24, 2.45) is 0 Å². The SMILES string of the molecule is O=C(Oc1ccc2c(=O)c(Oc3ccc(-c4ccccc4)cc3)coc2c1)c1ccccc1Br. The minimum atomic E-state index is -0.520. The van der Waals surface area contributed by atoms with Crippen LogP contribution in [0.4, 0.5) is 0 Å². The average molecular weight is 513 g/mol. The van der Waals surface area contributed by atoms with Crippen LogP contribution in [0.5, 0.6) is 17.2 Å². The summed E-state index contributed by atoms with van der Waals surface area (Å²) in [5, 5.41) is 0.319. The highest BCUT2D eigenvalue weighted by Crippen LogP contribution is 2.27. The van der Waals surface area contributed by atoms with Crippen molar-refractivity contribution in [2.45, 2.75) is 0 Å². The molecule has 0 unspecified atom stereocenters. The fourth-order valence-electron chi connectivity index (χ4n) is 3.49. The van der Waals surface area contributed by atoms with Crippen LogP contribution in [0.15, 0.2) is 117 Å². The van der Waals surface area contributed by atoms with Gasteiger partial charge in [0.2, 0.25) is 11.2 Å². The maximum atomic E-state index is 12.9. The van der Waals surface area contributed by atoms with Crippen LogP contribution in [0.25, 0.3) is 22.1 Å². The lowest BCUT2D eigenvalue weighted by Crippen LogP contribution is -2.09. The Morgan fingerprint density at radius 3 is 2.21 bits per heavy atom. The molecule has 0 fully saturated rings. The summed E-state index contributed by atoms with van der Waals surface area (Å²) in [5.41, 5.74) is 2.50. The molecular weight excluding hydrogens is 496 g/mol. The number of halogens is 1. The van der Waals surface area contributed by atoms with Crippen LogP contribution in [-0.4, -0.2) is 5.97 Å². The molecule has 1 heterocycles. The van der Waals surface area contributed by atoms with Gasteiger partial charge in [0, 0.05) is 10.5 Å². The number of ether oxygens (including phenoxy) is 2. The molecule has 5 rings (SSSR count). The van der Waals surface area contributed by atoms with Gasteiger partial charge in [-0.25, -0.2) is 4.79 Å². The van der Waals surface area contributed by atoms with Gasteiger partial charge in [0.05, 0.1) is 10.9 Å². The molecule has 34 heavy (non-hydrogen) atoms. The zero-order valence-electron chi connectivity index (χ0n) is 17.7. The van der Waals surface area contributed by atoms with Crippen LogP contribution in [-0.2, 0) is 0 Å². The number of hydrogen-bond donors (Lipinski definition) is 0. The van der Waals surface area contributed by atoms with Gasteiger partial charge in [-0.15, -0.1) is 0 Å². The van der Waals surface area contributed by atoms with E-state index in [2.05, 4.69) is 15.9 Å². The molecule has 0 amide bonds. The molecule has 0 bridgehead atoms. The molecule has 0 aliphatic rings. The molecule has 0 saturated carbocycles. The zero-order chi connectivity index (χ0) is 23.5. The first-order valence-electron chi connectivity index (χ1n) is 10.4. The Bertz CT molecular complexity index is 1540. The van der Waals surface area contributed by atoms with E-state index in [0.29, 0.717) is 21.2 Å². The summed E-state index contributed by atoms with van der Waals surface area (Å²) in [5.74, 6) is 0.331. The van der Waals surface area contributed by atoms with Gasteiger partial charge < -0.3 is 13.9 Å². The number of esters is 1. The highest BCUT2D eigenvalue weighted by Gasteiger charge is 2.14. The van der Waals surface area contributed by atoms with E-state index in [1.54, 1.807) is 42.5 Å². The van der Waals surface area contributed by atoms with E-state index in [0.717, 1.165) is 11.1 Å². The Kier molecular flexibility index (Phi) is 5.97. The molecule has 0 aliphatic heterocycles. The Labute approximate surface area is 203 Å². The predicted octanol–water partition coefficient (Wildman–Crippen LogP) is 7.23. The highest BCUT2D eigenvalue weighted by atomic mass is 79.9. The van der Waals surface area contributed by atoms with Gasteiger partial charge >= 0.3 is 5.97 Å². The predicted molar refractivity (Wildman–Crippen MR) is 134 cm³/mol.